The van der Waals surface area contributed by atoms with Crippen molar-refractivity contribution < 1.29 is 23.8 Å². The van der Waals surface area contributed by atoms with E-state index in [4.69, 9.17) is 14.2 Å². The minimum atomic E-state index is -0.201. The van der Waals surface area contributed by atoms with Gasteiger partial charge in [-0.1, -0.05) is 12.1 Å². The number of Topliss-reactive ketones (excluding diaryl/α,β-unsaturated/α-hetero) is 1. The Bertz CT molecular complexity index is 941. The Morgan fingerprint density at radius 2 is 1.75 bits per heavy atom. The fourth-order valence-electron chi connectivity index (χ4n) is 3.43. The molecule has 0 aromatic heterocycles. The van der Waals surface area contributed by atoms with E-state index in [1.165, 1.54) is 28.3 Å². The largest absolute Gasteiger partial charge is 0.493 e. The van der Waals surface area contributed by atoms with Crippen LogP contribution in [0.1, 0.15) is 39.6 Å². The molecular formula is C21H22BrNO5. The zero-order valence-electron chi connectivity index (χ0n) is 16.3. The Balaban J connectivity index is 2.12. The number of carbonyl (C=O) groups is 2. The number of halogens is 1. The normalized spacial score (nSPS) is 13.0. The quantitative estimate of drug-likeness (QED) is 0.640. The van der Waals surface area contributed by atoms with Crippen LogP contribution in [0.25, 0.3) is 0 Å². The van der Waals surface area contributed by atoms with E-state index in [0.29, 0.717) is 39.4 Å². The van der Waals surface area contributed by atoms with Crippen molar-refractivity contribution in [3.63, 3.8) is 0 Å². The van der Waals surface area contributed by atoms with Gasteiger partial charge >= 0.3 is 0 Å². The van der Waals surface area contributed by atoms with Crippen LogP contribution in [0, 0.1) is 0 Å². The van der Waals surface area contributed by atoms with Gasteiger partial charge in [-0.05, 0) is 53.4 Å². The summed E-state index contributed by atoms with van der Waals surface area (Å²) in [7, 11) is 4.53. The van der Waals surface area contributed by atoms with Gasteiger partial charge < -0.3 is 19.1 Å². The minimum Gasteiger partial charge on any atom is -0.493 e. The first-order valence-electron chi connectivity index (χ1n) is 8.87. The number of ether oxygens (including phenoxy) is 3. The van der Waals surface area contributed by atoms with Crippen LogP contribution in [0.4, 0.5) is 5.69 Å². The van der Waals surface area contributed by atoms with Gasteiger partial charge in [-0.15, -0.1) is 0 Å². The van der Waals surface area contributed by atoms with Crippen molar-refractivity contribution >= 4 is 33.3 Å². The maximum absolute atomic E-state index is 13.5. The molecule has 148 valence electrons. The Kier molecular flexibility index (Phi) is 5.93. The Morgan fingerprint density at radius 3 is 2.36 bits per heavy atom. The van der Waals surface area contributed by atoms with Crippen LogP contribution in [-0.4, -0.2) is 39.6 Å². The number of hydrogen-bond donors (Lipinski definition) is 0. The van der Waals surface area contributed by atoms with E-state index in [9.17, 15) is 9.59 Å². The van der Waals surface area contributed by atoms with E-state index in [-0.39, 0.29) is 11.7 Å². The number of amides is 1. The number of hydrogen-bond acceptors (Lipinski definition) is 5. The standard InChI is InChI=1S/C21H22BrNO5/c1-12(24)14-8-7-13-6-5-9-23(16(13)10-14)21(25)15-11-17(26-2)19(27-3)20(28-4)18(15)22/h7-8,10-11H,5-6,9H2,1-4H3. The van der Waals surface area contributed by atoms with Crippen molar-refractivity contribution in [1.29, 1.82) is 0 Å². The van der Waals surface area contributed by atoms with E-state index in [2.05, 4.69) is 15.9 Å². The van der Waals surface area contributed by atoms with Crippen LogP contribution < -0.4 is 19.1 Å². The van der Waals surface area contributed by atoms with Gasteiger partial charge in [0.05, 0.1) is 31.4 Å². The lowest BCUT2D eigenvalue weighted by molar-refractivity contribution is 0.0979. The molecule has 0 spiro atoms. The van der Waals surface area contributed by atoms with Crippen molar-refractivity contribution in [3.05, 3.63) is 45.4 Å². The van der Waals surface area contributed by atoms with Gasteiger partial charge in [-0.2, -0.15) is 0 Å². The molecule has 0 saturated carbocycles. The number of carbonyl (C=O) groups excluding carboxylic acids is 2. The summed E-state index contributed by atoms with van der Waals surface area (Å²) in [5.74, 6) is 0.967. The monoisotopic (exact) mass is 447 g/mol. The van der Waals surface area contributed by atoms with E-state index in [1.54, 1.807) is 17.0 Å². The molecule has 0 radical (unpaired) electrons. The average molecular weight is 448 g/mol. The number of rotatable bonds is 5. The van der Waals surface area contributed by atoms with Gasteiger partial charge in [0.15, 0.2) is 17.3 Å². The molecule has 0 aliphatic carbocycles. The molecule has 0 bridgehead atoms. The molecule has 1 aliphatic heterocycles. The lowest BCUT2D eigenvalue weighted by Gasteiger charge is -2.30. The molecule has 1 aliphatic rings. The SMILES string of the molecule is COc1cc(C(=O)N2CCCc3ccc(C(C)=O)cc32)c(Br)c(OC)c1OC. The highest BCUT2D eigenvalue weighted by Gasteiger charge is 2.29. The zero-order chi connectivity index (χ0) is 20.4. The van der Waals surface area contributed by atoms with Gasteiger partial charge in [0.2, 0.25) is 5.75 Å². The first-order valence-corrected chi connectivity index (χ1v) is 9.66. The Morgan fingerprint density at radius 1 is 1.04 bits per heavy atom. The number of aryl methyl sites for hydroxylation is 1. The molecule has 1 heterocycles. The summed E-state index contributed by atoms with van der Waals surface area (Å²) in [6.07, 6.45) is 1.72. The number of anilines is 1. The van der Waals surface area contributed by atoms with Crippen LogP contribution in [0.5, 0.6) is 17.2 Å². The Hall–Kier alpha value is -2.54. The fraction of sp³-hybridized carbons (Fsp3) is 0.333. The summed E-state index contributed by atoms with van der Waals surface area (Å²) >= 11 is 3.48. The van der Waals surface area contributed by atoms with Gasteiger partial charge in [0.25, 0.3) is 5.91 Å². The number of fused-ring (bicyclic) bond motifs is 1. The molecule has 0 unspecified atom stereocenters. The molecule has 7 heteroatoms. The number of benzene rings is 2. The van der Waals surface area contributed by atoms with Crippen molar-refractivity contribution in [2.24, 2.45) is 0 Å². The van der Waals surface area contributed by atoms with Crippen molar-refractivity contribution in [1.82, 2.24) is 0 Å². The van der Waals surface area contributed by atoms with E-state index in [0.717, 1.165) is 24.1 Å². The first kappa shape index (κ1) is 20.2. The number of ketones is 1. The number of methoxy groups -OCH3 is 3. The summed E-state index contributed by atoms with van der Waals surface area (Å²) in [6.45, 7) is 2.09. The first-order chi connectivity index (χ1) is 13.4. The second-order valence-electron chi connectivity index (χ2n) is 6.47. The summed E-state index contributed by atoms with van der Waals surface area (Å²) in [5.41, 5.74) is 2.80. The molecule has 0 N–H and O–H groups in total. The van der Waals surface area contributed by atoms with E-state index >= 15 is 0 Å². The number of nitrogens with zero attached hydrogens (tertiary/aromatic N) is 1. The summed E-state index contributed by atoms with van der Waals surface area (Å²) < 4.78 is 16.7. The molecule has 0 atom stereocenters. The van der Waals surface area contributed by atoms with Crippen molar-refractivity contribution in [2.75, 3.05) is 32.8 Å². The molecule has 0 fully saturated rings. The van der Waals surface area contributed by atoms with Crippen molar-refractivity contribution in [3.8, 4) is 17.2 Å². The van der Waals surface area contributed by atoms with Crippen LogP contribution in [0.3, 0.4) is 0 Å². The van der Waals surface area contributed by atoms with Gasteiger partial charge in [-0.25, -0.2) is 0 Å². The van der Waals surface area contributed by atoms with Crippen LogP contribution in [-0.2, 0) is 6.42 Å². The summed E-state index contributed by atoms with van der Waals surface area (Å²) in [6, 6.07) is 7.16. The lowest BCUT2D eigenvalue weighted by atomic mass is 9.97. The third-order valence-corrected chi connectivity index (χ3v) is 5.64. The summed E-state index contributed by atoms with van der Waals surface area (Å²) in [5, 5.41) is 0. The molecule has 0 saturated heterocycles. The predicted octanol–water partition coefficient (Wildman–Crippen LogP) is 4.27. The smallest absolute Gasteiger partial charge is 0.259 e. The van der Waals surface area contributed by atoms with Gasteiger partial charge in [0.1, 0.15) is 0 Å². The maximum Gasteiger partial charge on any atom is 0.259 e. The highest BCUT2D eigenvalue weighted by Crippen LogP contribution is 2.45. The van der Waals surface area contributed by atoms with Crippen LogP contribution in [0.15, 0.2) is 28.7 Å². The molecule has 28 heavy (non-hydrogen) atoms. The molecule has 2 aromatic rings. The van der Waals surface area contributed by atoms with Crippen LogP contribution in [0.2, 0.25) is 0 Å². The minimum absolute atomic E-state index is 0.0326. The highest BCUT2D eigenvalue weighted by atomic mass is 79.9. The second-order valence-corrected chi connectivity index (χ2v) is 7.26. The second kappa shape index (κ2) is 8.22. The van der Waals surface area contributed by atoms with E-state index < -0.39 is 0 Å². The van der Waals surface area contributed by atoms with E-state index in [1.807, 2.05) is 12.1 Å². The van der Waals surface area contributed by atoms with Crippen LogP contribution >= 0.6 is 15.9 Å². The molecular weight excluding hydrogens is 426 g/mol. The average Bonchev–Trinajstić information content (AvgIpc) is 2.71. The Labute approximate surface area is 172 Å². The zero-order valence-corrected chi connectivity index (χ0v) is 17.9. The lowest BCUT2D eigenvalue weighted by Crippen LogP contribution is -2.36. The van der Waals surface area contributed by atoms with Gasteiger partial charge in [0, 0.05) is 17.8 Å². The molecule has 2 aromatic carbocycles. The molecule has 6 nitrogen and oxygen atoms in total. The van der Waals surface area contributed by atoms with Crippen molar-refractivity contribution in [2.45, 2.75) is 19.8 Å². The topological polar surface area (TPSA) is 65.1 Å². The molecule has 1 amide bonds. The maximum atomic E-state index is 13.5. The third-order valence-electron chi connectivity index (χ3n) is 4.86. The third kappa shape index (κ3) is 3.46. The van der Waals surface area contributed by atoms with Gasteiger partial charge in [-0.3, -0.25) is 9.59 Å². The summed E-state index contributed by atoms with van der Waals surface area (Å²) in [4.78, 5) is 27.0. The fourth-order valence-corrected chi connectivity index (χ4v) is 4.05. The highest BCUT2D eigenvalue weighted by molar-refractivity contribution is 9.10. The molecule has 3 rings (SSSR count). The predicted molar refractivity (Wildman–Crippen MR) is 110 cm³/mol.